The molecule has 0 aliphatic heterocycles. The lowest BCUT2D eigenvalue weighted by atomic mass is 10.1. The number of hydrogen-bond donors (Lipinski definition) is 1. The van der Waals surface area contributed by atoms with Crippen molar-refractivity contribution in [3.05, 3.63) is 70.7 Å². The molecule has 1 N–H and O–H groups in total. The highest BCUT2D eigenvalue weighted by Crippen LogP contribution is 2.23. The van der Waals surface area contributed by atoms with Crippen molar-refractivity contribution >= 4 is 17.2 Å². The minimum Gasteiger partial charge on any atom is -0.343 e. The molecule has 0 bridgehead atoms. The summed E-state index contributed by atoms with van der Waals surface area (Å²) in [5.74, 6) is 0.386. The van der Waals surface area contributed by atoms with Crippen LogP contribution < -0.4 is 5.32 Å². The van der Waals surface area contributed by atoms with Gasteiger partial charge in [0.2, 0.25) is 5.82 Å². The quantitative estimate of drug-likeness (QED) is 0.569. The van der Waals surface area contributed by atoms with Gasteiger partial charge in [0, 0.05) is 11.6 Å². The second-order valence-electron chi connectivity index (χ2n) is 5.78. The Bertz CT molecular complexity index is 1050. The highest BCUT2D eigenvalue weighted by Gasteiger charge is 2.18. The van der Waals surface area contributed by atoms with E-state index in [9.17, 15) is 4.79 Å². The Morgan fingerprint density at radius 3 is 2.67 bits per heavy atom. The number of carbonyl (C=O) groups is 1. The predicted molar refractivity (Wildman–Crippen MR) is 101 cm³/mol. The van der Waals surface area contributed by atoms with E-state index in [2.05, 4.69) is 25.4 Å². The number of thiazole rings is 1. The van der Waals surface area contributed by atoms with Crippen LogP contribution in [0.5, 0.6) is 0 Å². The number of pyridine rings is 1. The van der Waals surface area contributed by atoms with Gasteiger partial charge in [0.25, 0.3) is 11.8 Å². The molecule has 0 saturated carbocycles. The maximum atomic E-state index is 12.5. The van der Waals surface area contributed by atoms with Crippen molar-refractivity contribution in [3.8, 4) is 23.1 Å². The van der Waals surface area contributed by atoms with Crippen LogP contribution in [0.15, 0.2) is 64.6 Å². The van der Waals surface area contributed by atoms with Crippen molar-refractivity contribution < 1.29 is 9.32 Å². The Hall–Kier alpha value is -3.39. The van der Waals surface area contributed by atoms with Gasteiger partial charge in [-0.2, -0.15) is 4.98 Å². The van der Waals surface area contributed by atoms with Gasteiger partial charge in [-0.25, -0.2) is 4.98 Å². The predicted octanol–water partition coefficient (Wildman–Crippen LogP) is 3.75. The summed E-state index contributed by atoms with van der Waals surface area (Å²) >= 11 is 1.23. The monoisotopic (exact) mass is 377 g/mol. The van der Waals surface area contributed by atoms with Crippen molar-refractivity contribution in [2.45, 2.75) is 13.0 Å². The maximum Gasteiger partial charge on any atom is 0.280 e. The van der Waals surface area contributed by atoms with Gasteiger partial charge in [-0.15, -0.1) is 11.3 Å². The van der Waals surface area contributed by atoms with Crippen LogP contribution in [0.2, 0.25) is 0 Å². The molecule has 1 aromatic carbocycles. The summed E-state index contributed by atoms with van der Waals surface area (Å²) in [7, 11) is 0. The molecule has 0 saturated heterocycles. The molecule has 1 atom stereocenters. The van der Waals surface area contributed by atoms with E-state index < -0.39 is 0 Å². The molecule has 4 aromatic rings. The molecule has 0 fully saturated rings. The highest BCUT2D eigenvalue weighted by atomic mass is 32.1. The van der Waals surface area contributed by atoms with Crippen LogP contribution in [0.25, 0.3) is 23.1 Å². The van der Waals surface area contributed by atoms with Crippen LogP contribution in [0.1, 0.15) is 28.3 Å². The number of hydrogen-bond acceptors (Lipinski definition) is 7. The van der Waals surface area contributed by atoms with Crippen molar-refractivity contribution in [1.82, 2.24) is 25.4 Å². The van der Waals surface area contributed by atoms with E-state index in [0.717, 1.165) is 5.56 Å². The smallest absolute Gasteiger partial charge is 0.280 e. The molecular weight excluding hydrogens is 362 g/mol. The first-order valence-electron chi connectivity index (χ1n) is 8.27. The fourth-order valence-electron chi connectivity index (χ4n) is 2.49. The zero-order valence-corrected chi connectivity index (χ0v) is 15.2. The Balaban J connectivity index is 1.49. The lowest BCUT2D eigenvalue weighted by Gasteiger charge is -2.12. The molecule has 7 nitrogen and oxygen atoms in total. The van der Waals surface area contributed by atoms with Gasteiger partial charge in [0.15, 0.2) is 5.01 Å². The second-order valence-corrected chi connectivity index (χ2v) is 6.64. The molecular formula is C19H15N5O2S. The van der Waals surface area contributed by atoms with Crippen molar-refractivity contribution in [1.29, 1.82) is 0 Å². The average Bonchev–Trinajstić information content (AvgIpc) is 3.39. The minimum atomic E-state index is -0.243. The van der Waals surface area contributed by atoms with Crippen molar-refractivity contribution in [2.75, 3.05) is 0 Å². The van der Waals surface area contributed by atoms with Gasteiger partial charge in [-0.05, 0) is 24.6 Å². The van der Waals surface area contributed by atoms with Gasteiger partial charge in [0.05, 0.1) is 6.04 Å². The number of rotatable bonds is 5. The molecule has 3 aromatic heterocycles. The third-order valence-electron chi connectivity index (χ3n) is 3.88. The van der Waals surface area contributed by atoms with Gasteiger partial charge in [-0.1, -0.05) is 41.6 Å². The molecule has 0 aliphatic carbocycles. The normalized spacial score (nSPS) is 11.9. The zero-order valence-electron chi connectivity index (χ0n) is 14.4. The number of benzene rings is 1. The van der Waals surface area contributed by atoms with Crippen LogP contribution in [0, 0.1) is 0 Å². The van der Waals surface area contributed by atoms with Crippen LogP contribution in [-0.4, -0.2) is 26.0 Å². The molecule has 0 aliphatic rings. The third-order valence-corrected chi connectivity index (χ3v) is 4.73. The van der Waals surface area contributed by atoms with E-state index in [0.29, 0.717) is 22.2 Å². The van der Waals surface area contributed by atoms with E-state index >= 15 is 0 Å². The first kappa shape index (κ1) is 17.0. The van der Waals surface area contributed by atoms with E-state index in [4.69, 9.17) is 4.52 Å². The summed E-state index contributed by atoms with van der Waals surface area (Å²) in [5.41, 5.74) is 2.10. The van der Waals surface area contributed by atoms with Crippen molar-refractivity contribution in [2.24, 2.45) is 0 Å². The number of nitrogens with zero attached hydrogens (tertiary/aromatic N) is 4. The summed E-state index contributed by atoms with van der Waals surface area (Å²) < 4.78 is 5.26. The van der Waals surface area contributed by atoms with E-state index in [1.165, 1.54) is 11.3 Å². The number of amides is 1. The van der Waals surface area contributed by atoms with E-state index in [-0.39, 0.29) is 17.8 Å². The Morgan fingerprint density at radius 1 is 1.07 bits per heavy atom. The standard InChI is InChI=1S/C19H15N5O2S/c1-12(13-7-3-2-4-8-13)21-17(25)19-22-15(11-27-19)18-23-16(24-26-18)14-9-5-6-10-20-14/h2-12H,1H3,(H,21,25). The SMILES string of the molecule is CC(NC(=O)c1nc(-c2nc(-c3ccccn3)no2)cs1)c1ccccc1. The molecule has 1 unspecified atom stereocenters. The fourth-order valence-corrected chi connectivity index (χ4v) is 3.18. The average molecular weight is 377 g/mol. The van der Waals surface area contributed by atoms with Crippen LogP contribution >= 0.6 is 11.3 Å². The van der Waals surface area contributed by atoms with Gasteiger partial charge in [0.1, 0.15) is 11.4 Å². The van der Waals surface area contributed by atoms with Crippen LogP contribution in [0.4, 0.5) is 0 Å². The lowest BCUT2D eigenvalue weighted by molar-refractivity contribution is 0.0939. The molecule has 134 valence electrons. The molecule has 8 heteroatoms. The number of aromatic nitrogens is 4. The highest BCUT2D eigenvalue weighted by molar-refractivity contribution is 7.12. The van der Waals surface area contributed by atoms with E-state index in [1.54, 1.807) is 17.6 Å². The second kappa shape index (κ2) is 7.46. The zero-order chi connectivity index (χ0) is 18.6. The van der Waals surface area contributed by atoms with Crippen LogP contribution in [-0.2, 0) is 0 Å². The Labute approximate surface area is 159 Å². The van der Waals surface area contributed by atoms with E-state index in [1.807, 2.05) is 49.4 Å². The summed E-state index contributed by atoms with van der Waals surface area (Å²) in [6.07, 6.45) is 1.66. The summed E-state index contributed by atoms with van der Waals surface area (Å²) in [4.78, 5) is 25.3. The summed E-state index contributed by atoms with van der Waals surface area (Å²) in [6.45, 7) is 1.93. The molecule has 4 rings (SSSR count). The molecule has 3 heterocycles. The Morgan fingerprint density at radius 2 is 1.89 bits per heavy atom. The van der Waals surface area contributed by atoms with Gasteiger partial charge >= 0.3 is 0 Å². The first-order valence-corrected chi connectivity index (χ1v) is 9.15. The number of nitrogens with one attached hydrogen (secondary N) is 1. The topological polar surface area (TPSA) is 93.8 Å². The molecule has 0 spiro atoms. The first-order chi connectivity index (χ1) is 13.2. The fraction of sp³-hybridized carbons (Fsp3) is 0.105. The minimum absolute atomic E-state index is 0.120. The largest absolute Gasteiger partial charge is 0.343 e. The third kappa shape index (κ3) is 3.75. The van der Waals surface area contributed by atoms with Gasteiger partial charge < -0.3 is 9.84 Å². The molecule has 0 radical (unpaired) electrons. The molecule has 1 amide bonds. The van der Waals surface area contributed by atoms with Crippen LogP contribution in [0.3, 0.4) is 0 Å². The van der Waals surface area contributed by atoms with Gasteiger partial charge in [-0.3, -0.25) is 9.78 Å². The summed E-state index contributed by atoms with van der Waals surface area (Å²) in [5, 5.41) is 8.92. The molecule has 27 heavy (non-hydrogen) atoms. The maximum absolute atomic E-state index is 12.5. The lowest BCUT2D eigenvalue weighted by Crippen LogP contribution is -2.26. The van der Waals surface area contributed by atoms with Crippen molar-refractivity contribution in [3.63, 3.8) is 0 Å². The Kier molecular flexibility index (Phi) is 4.71. The number of carbonyl (C=O) groups excluding carboxylic acids is 1. The summed E-state index contributed by atoms with van der Waals surface area (Å²) in [6, 6.07) is 15.1.